The third-order valence-electron chi connectivity index (χ3n) is 6.62. The minimum Gasteiger partial charge on any atom is -0.382 e. The summed E-state index contributed by atoms with van der Waals surface area (Å²) in [7, 11) is 1.62. The van der Waals surface area contributed by atoms with Crippen LogP contribution in [-0.2, 0) is 71.2 Å². The number of nitrogens with zero attached hydrogens (tertiary/aromatic N) is 1. The molecular weight excluding hydrogens is 930 g/mol. The lowest BCUT2D eigenvalue weighted by atomic mass is 10.4. The Morgan fingerprint density at radius 1 is 0.396 bits per heavy atom. The van der Waals surface area contributed by atoms with Crippen LogP contribution in [0, 0.1) is 0 Å². The van der Waals surface area contributed by atoms with Gasteiger partial charge in [-0.15, -0.1) is 0 Å². The van der Waals surface area contributed by atoms with Crippen molar-refractivity contribution in [3.8, 4) is 0 Å². The standard InChI is InChI=1S/C34H64I2N2O15/c1-42-16-17-50-25-20-45-11-4-34(41)37-5-12-46-21-28-53-31-24-49-15-8-38(6-13-47-22-29-51-26-18-43-9-2-32(35)39)7-14-48-23-30-52-27-19-44-10-3-33(36)40/h2-31H2,1H3,(H,37,41). The molecule has 0 bridgehead atoms. The number of rotatable bonds is 45. The van der Waals surface area contributed by atoms with E-state index in [2.05, 4.69) is 10.2 Å². The van der Waals surface area contributed by atoms with Gasteiger partial charge in [0.2, 0.25) is 5.91 Å². The second kappa shape index (κ2) is 44.5. The van der Waals surface area contributed by atoms with E-state index in [4.69, 9.17) is 56.8 Å². The molecule has 19 heteroatoms. The predicted molar refractivity (Wildman–Crippen MR) is 212 cm³/mol. The number of nitrogens with one attached hydrogen (secondary N) is 1. The Labute approximate surface area is 342 Å². The summed E-state index contributed by atoms with van der Waals surface area (Å²) in [4.78, 5) is 35.9. The van der Waals surface area contributed by atoms with E-state index in [1.54, 1.807) is 52.3 Å². The number of carbonyl (C=O) groups excluding carboxylic acids is 3. The van der Waals surface area contributed by atoms with Crippen LogP contribution in [0.3, 0.4) is 0 Å². The molecule has 0 aromatic rings. The van der Waals surface area contributed by atoms with E-state index >= 15 is 0 Å². The molecule has 0 aromatic carbocycles. The second-order valence-electron chi connectivity index (χ2n) is 10.9. The van der Waals surface area contributed by atoms with Gasteiger partial charge in [0, 0.05) is 52.6 Å². The van der Waals surface area contributed by atoms with Crippen LogP contribution in [0.25, 0.3) is 0 Å². The zero-order valence-corrected chi connectivity index (χ0v) is 35.9. The zero-order valence-electron chi connectivity index (χ0n) is 31.5. The molecule has 1 N–H and O–H groups in total. The largest absolute Gasteiger partial charge is 0.382 e. The number of amides is 1. The van der Waals surface area contributed by atoms with Crippen molar-refractivity contribution in [2.24, 2.45) is 0 Å². The fourth-order valence-corrected chi connectivity index (χ4v) is 4.27. The van der Waals surface area contributed by atoms with Crippen molar-refractivity contribution in [3.05, 3.63) is 0 Å². The summed E-state index contributed by atoms with van der Waals surface area (Å²) < 4.78 is 65.8. The van der Waals surface area contributed by atoms with E-state index in [0.29, 0.717) is 191 Å². The first-order valence-electron chi connectivity index (χ1n) is 18.2. The van der Waals surface area contributed by atoms with Gasteiger partial charge in [-0.3, -0.25) is 19.3 Å². The van der Waals surface area contributed by atoms with Crippen LogP contribution in [0.5, 0.6) is 0 Å². The molecule has 0 rings (SSSR count). The summed E-state index contributed by atoms with van der Waals surface area (Å²) in [5.41, 5.74) is 0. The Hall–Kier alpha value is -0.250. The second-order valence-corrected chi connectivity index (χ2v) is 13.3. The van der Waals surface area contributed by atoms with Crippen molar-refractivity contribution in [3.63, 3.8) is 0 Å². The van der Waals surface area contributed by atoms with Crippen molar-refractivity contribution in [1.82, 2.24) is 10.2 Å². The Bertz CT molecular complexity index is 788. The maximum absolute atomic E-state index is 11.8. The van der Waals surface area contributed by atoms with Gasteiger partial charge in [0.25, 0.3) is 0 Å². The Morgan fingerprint density at radius 2 is 0.679 bits per heavy atom. The van der Waals surface area contributed by atoms with E-state index < -0.39 is 0 Å². The summed E-state index contributed by atoms with van der Waals surface area (Å²) in [6, 6.07) is 0. The lowest BCUT2D eigenvalue weighted by Crippen LogP contribution is -2.34. The molecule has 0 saturated carbocycles. The number of carbonyl (C=O) groups is 3. The van der Waals surface area contributed by atoms with Crippen LogP contribution in [0.15, 0.2) is 0 Å². The minimum atomic E-state index is -0.0853. The molecule has 53 heavy (non-hydrogen) atoms. The van der Waals surface area contributed by atoms with Crippen LogP contribution in [-0.4, -0.2) is 204 Å². The molecule has 1 amide bonds. The highest BCUT2D eigenvalue weighted by molar-refractivity contribution is 14.1. The van der Waals surface area contributed by atoms with Crippen LogP contribution in [0.4, 0.5) is 0 Å². The van der Waals surface area contributed by atoms with Crippen LogP contribution < -0.4 is 5.32 Å². The van der Waals surface area contributed by atoms with Crippen LogP contribution in [0.1, 0.15) is 19.3 Å². The Morgan fingerprint density at radius 3 is 1.02 bits per heavy atom. The molecule has 0 aliphatic heterocycles. The summed E-state index contributed by atoms with van der Waals surface area (Å²) in [6.07, 6.45) is 1.10. The van der Waals surface area contributed by atoms with Crippen molar-refractivity contribution >= 4 is 58.7 Å². The van der Waals surface area contributed by atoms with Crippen LogP contribution in [0.2, 0.25) is 0 Å². The van der Waals surface area contributed by atoms with E-state index in [1.165, 1.54) is 0 Å². The number of methoxy groups -OCH3 is 1. The first-order valence-corrected chi connectivity index (χ1v) is 20.3. The number of ether oxygens (including phenoxy) is 12. The Balaban J connectivity index is 3.93. The van der Waals surface area contributed by atoms with Crippen molar-refractivity contribution < 1.29 is 71.2 Å². The SMILES string of the molecule is COCCOCCOCCC(=O)NCCOCCOCCOCCN(CCOCCOCCOCCC(=O)I)CCOCCOCCOCCC(=O)I. The maximum Gasteiger partial charge on any atom is 0.222 e. The fraction of sp³-hybridized carbons (Fsp3) is 0.912. The molecule has 17 nitrogen and oxygen atoms in total. The fourth-order valence-electron chi connectivity index (χ4n) is 3.83. The van der Waals surface area contributed by atoms with E-state index in [-0.39, 0.29) is 19.9 Å². The molecule has 314 valence electrons. The molecule has 0 heterocycles. The van der Waals surface area contributed by atoms with Gasteiger partial charge in [-0.2, -0.15) is 0 Å². The Kier molecular flexibility index (Phi) is 44.3. The number of hydrogen-bond acceptors (Lipinski definition) is 16. The molecule has 0 aliphatic rings. The van der Waals surface area contributed by atoms with E-state index in [1.807, 2.05) is 0 Å². The summed E-state index contributed by atoms with van der Waals surface area (Å²) >= 11 is 3.51. The third kappa shape index (κ3) is 46.0. The zero-order chi connectivity index (χ0) is 38.7. The quantitative estimate of drug-likeness (QED) is 0.0525. The third-order valence-corrected chi connectivity index (χ3v) is 7.70. The summed E-state index contributed by atoms with van der Waals surface area (Å²) in [6.45, 7) is 13.2. The van der Waals surface area contributed by atoms with Gasteiger partial charge < -0.3 is 62.2 Å². The molecule has 0 aliphatic carbocycles. The molecule has 0 spiro atoms. The van der Waals surface area contributed by atoms with Crippen LogP contribution >= 0.6 is 45.2 Å². The average Bonchev–Trinajstić information content (AvgIpc) is 3.13. The molecule has 0 aromatic heterocycles. The lowest BCUT2D eigenvalue weighted by molar-refractivity contribution is -0.122. The van der Waals surface area contributed by atoms with Crippen molar-refractivity contribution in [2.75, 3.05) is 185 Å². The molecular formula is C34H64I2N2O15. The van der Waals surface area contributed by atoms with Gasteiger partial charge in [0.15, 0.2) is 7.58 Å². The normalized spacial score (nSPS) is 11.5. The smallest absolute Gasteiger partial charge is 0.222 e. The van der Waals surface area contributed by atoms with Gasteiger partial charge in [-0.05, 0) is 45.2 Å². The van der Waals surface area contributed by atoms with Crippen molar-refractivity contribution in [2.45, 2.75) is 19.3 Å². The van der Waals surface area contributed by atoms with Gasteiger partial charge in [-0.1, -0.05) is 0 Å². The highest BCUT2D eigenvalue weighted by Gasteiger charge is 2.06. The molecule has 0 fully saturated rings. The topological polar surface area (TPSA) is 177 Å². The van der Waals surface area contributed by atoms with E-state index in [9.17, 15) is 14.4 Å². The average molecular weight is 995 g/mol. The van der Waals surface area contributed by atoms with Gasteiger partial charge in [-0.25, -0.2) is 0 Å². The monoisotopic (exact) mass is 994 g/mol. The van der Waals surface area contributed by atoms with Gasteiger partial charge in [0.05, 0.1) is 152 Å². The molecule has 0 unspecified atom stereocenters. The highest BCUT2D eigenvalue weighted by Crippen LogP contribution is 1.96. The minimum absolute atomic E-state index is 0.0806. The summed E-state index contributed by atoms with van der Waals surface area (Å²) in [5, 5.41) is 2.80. The predicted octanol–water partition coefficient (Wildman–Crippen LogP) is 1.33. The number of halogens is 2. The molecule has 0 saturated heterocycles. The molecule has 0 radical (unpaired) electrons. The first kappa shape index (κ1) is 52.8. The van der Waals surface area contributed by atoms with Crippen molar-refractivity contribution in [1.29, 1.82) is 0 Å². The summed E-state index contributed by atoms with van der Waals surface area (Å²) in [5.74, 6) is -0.0853. The maximum atomic E-state index is 11.8. The van der Waals surface area contributed by atoms with Gasteiger partial charge in [0.1, 0.15) is 0 Å². The molecule has 0 atom stereocenters. The number of hydrogen-bond donors (Lipinski definition) is 1. The van der Waals surface area contributed by atoms with E-state index in [0.717, 1.165) is 0 Å². The lowest BCUT2D eigenvalue weighted by Gasteiger charge is -2.22. The highest BCUT2D eigenvalue weighted by atomic mass is 127. The first-order chi connectivity index (χ1) is 26.0. The van der Waals surface area contributed by atoms with Gasteiger partial charge >= 0.3 is 0 Å².